The van der Waals surface area contributed by atoms with Crippen LogP contribution in [0.2, 0.25) is 0 Å². The highest BCUT2D eigenvalue weighted by Crippen LogP contribution is 2.23. The van der Waals surface area contributed by atoms with Gasteiger partial charge in [-0.25, -0.2) is 4.98 Å². The fourth-order valence-corrected chi connectivity index (χ4v) is 4.91. The van der Waals surface area contributed by atoms with Gasteiger partial charge in [-0.3, -0.25) is 4.79 Å². The van der Waals surface area contributed by atoms with E-state index in [2.05, 4.69) is 60.1 Å². The Morgan fingerprint density at radius 3 is 2.59 bits per heavy atom. The van der Waals surface area contributed by atoms with Gasteiger partial charge in [0.1, 0.15) is 11.6 Å². The molecule has 1 N–H and O–H groups in total. The predicted octanol–water partition coefficient (Wildman–Crippen LogP) is 6.33. The van der Waals surface area contributed by atoms with Crippen LogP contribution in [0, 0.1) is 13.8 Å². The normalized spacial score (nSPS) is 11.1. The zero-order chi connectivity index (χ0) is 23.8. The molecule has 2 aromatic heterocycles. The van der Waals surface area contributed by atoms with E-state index in [1.807, 2.05) is 23.6 Å². The van der Waals surface area contributed by atoms with Crippen molar-refractivity contribution in [2.24, 2.45) is 0 Å². The summed E-state index contributed by atoms with van der Waals surface area (Å²) in [7, 11) is 0. The van der Waals surface area contributed by atoms with Gasteiger partial charge in [0.2, 0.25) is 0 Å². The minimum absolute atomic E-state index is 0.0277. The van der Waals surface area contributed by atoms with Crippen LogP contribution in [0.3, 0.4) is 0 Å². The topological polar surface area (TPSA) is 56.1 Å². The van der Waals surface area contributed by atoms with Crippen molar-refractivity contribution in [3.05, 3.63) is 81.8 Å². The molecule has 1 amide bonds. The van der Waals surface area contributed by atoms with Crippen LogP contribution in [0.25, 0.3) is 11.0 Å². The smallest absolute Gasteiger partial charge is 0.261 e. The number of unbranched alkanes of at least 4 members (excludes halogenated alkanes) is 2. The molecule has 0 saturated heterocycles. The van der Waals surface area contributed by atoms with Gasteiger partial charge < -0.3 is 14.6 Å². The summed E-state index contributed by atoms with van der Waals surface area (Å²) in [4.78, 5) is 17.7. The number of hydrogen-bond acceptors (Lipinski definition) is 4. The Labute approximate surface area is 205 Å². The lowest BCUT2D eigenvalue weighted by atomic mass is 10.1. The van der Waals surface area contributed by atoms with Crippen LogP contribution in [0.5, 0.6) is 5.75 Å². The average Bonchev–Trinajstić information content (AvgIpc) is 3.49. The van der Waals surface area contributed by atoms with E-state index in [9.17, 15) is 4.79 Å². The minimum Gasteiger partial charge on any atom is -0.493 e. The Morgan fingerprint density at radius 1 is 0.971 bits per heavy atom. The molecule has 0 saturated carbocycles. The molecule has 34 heavy (non-hydrogen) atoms. The average molecular weight is 476 g/mol. The molecule has 0 aliphatic rings. The highest BCUT2D eigenvalue weighted by atomic mass is 32.1. The number of ether oxygens (including phenoxy) is 1. The number of thiophene rings is 1. The quantitative estimate of drug-likeness (QED) is 0.244. The molecule has 0 aliphatic heterocycles. The van der Waals surface area contributed by atoms with E-state index in [4.69, 9.17) is 9.72 Å². The van der Waals surface area contributed by atoms with Gasteiger partial charge in [0.25, 0.3) is 5.91 Å². The first-order chi connectivity index (χ1) is 16.6. The molecule has 2 heterocycles. The van der Waals surface area contributed by atoms with Crippen molar-refractivity contribution in [2.75, 3.05) is 13.2 Å². The van der Waals surface area contributed by atoms with Gasteiger partial charge >= 0.3 is 0 Å². The first kappa shape index (κ1) is 24.0. The van der Waals surface area contributed by atoms with Crippen molar-refractivity contribution in [1.29, 1.82) is 0 Å². The van der Waals surface area contributed by atoms with E-state index >= 15 is 0 Å². The number of hydrogen-bond donors (Lipinski definition) is 1. The van der Waals surface area contributed by atoms with Crippen LogP contribution in [-0.4, -0.2) is 28.6 Å². The first-order valence-electron chi connectivity index (χ1n) is 12.1. The van der Waals surface area contributed by atoms with Crippen LogP contribution in [0.15, 0.2) is 60.0 Å². The molecule has 4 rings (SSSR count). The van der Waals surface area contributed by atoms with Crippen LogP contribution in [0.4, 0.5) is 0 Å². The molecule has 5 nitrogen and oxygen atoms in total. The minimum atomic E-state index is 0.0277. The van der Waals surface area contributed by atoms with E-state index in [-0.39, 0.29) is 5.91 Å². The standard InChI is InChI=1S/C28H33N3O2S/c1-21-11-8-12-22(2)27(21)33-19-10-18-31-24-14-6-5-13-23(24)30-26(31)16-4-3-7-17-29-28(32)25-15-9-20-34-25/h5-6,8-9,11-15,20H,3-4,7,10,16-19H2,1-2H3,(H,29,32). The van der Waals surface area contributed by atoms with Gasteiger partial charge in [0.05, 0.1) is 22.5 Å². The molecule has 4 aromatic rings. The van der Waals surface area contributed by atoms with E-state index in [0.717, 1.165) is 60.6 Å². The number of nitrogens with zero attached hydrogens (tertiary/aromatic N) is 2. The zero-order valence-corrected chi connectivity index (χ0v) is 20.9. The molecule has 0 bridgehead atoms. The van der Waals surface area contributed by atoms with Crippen molar-refractivity contribution in [3.63, 3.8) is 0 Å². The second-order valence-electron chi connectivity index (χ2n) is 8.64. The Hall–Kier alpha value is -3.12. The predicted molar refractivity (Wildman–Crippen MR) is 140 cm³/mol. The second kappa shape index (κ2) is 11.8. The largest absolute Gasteiger partial charge is 0.493 e. The van der Waals surface area contributed by atoms with Gasteiger partial charge in [0, 0.05) is 19.5 Å². The van der Waals surface area contributed by atoms with Crippen molar-refractivity contribution < 1.29 is 9.53 Å². The molecule has 0 radical (unpaired) electrons. The number of para-hydroxylation sites is 3. The number of benzene rings is 2. The van der Waals surface area contributed by atoms with Crippen LogP contribution >= 0.6 is 11.3 Å². The molecule has 0 spiro atoms. The number of rotatable bonds is 12. The van der Waals surface area contributed by atoms with Gasteiger partial charge in [-0.05, 0) is 67.8 Å². The molecule has 0 fully saturated rings. The van der Waals surface area contributed by atoms with Crippen LogP contribution < -0.4 is 10.1 Å². The zero-order valence-electron chi connectivity index (χ0n) is 20.0. The highest BCUT2D eigenvalue weighted by Gasteiger charge is 2.11. The number of aryl methyl sites for hydroxylation is 4. The fourth-order valence-electron chi connectivity index (χ4n) is 4.27. The maximum absolute atomic E-state index is 12.0. The highest BCUT2D eigenvalue weighted by molar-refractivity contribution is 7.12. The molecule has 0 unspecified atom stereocenters. The van der Waals surface area contributed by atoms with Crippen LogP contribution in [-0.2, 0) is 13.0 Å². The number of carbonyl (C=O) groups is 1. The van der Waals surface area contributed by atoms with Gasteiger partial charge in [-0.15, -0.1) is 11.3 Å². The van der Waals surface area contributed by atoms with Crippen molar-refractivity contribution >= 4 is 28.3 Å². The van der Waals surface area contributed by atoms with E-state index < -0.39 is 0 Å². The second-order valence-corrected chi connectivity index (χ2v) is 9.58. The summed E-state index contributed by atoms with van der Waals surface area (Å²) in [5.41, 5.74) is 4.60. The number of nitrogens with one attached hydrogen (secondary N) is 1. The van der Waals surface area contributed by atoms with Crippen molar-refractivity contribution in [1.82, 2.24) is 14.9 Å². The number of fused-ring (bicyclic) bond motifs is 1. The third kappa shape index (κ3) is 6.06. The number of amides is 1. The molecular weight excluding hydrogens is 442 g/mol. The van der Waals surface area contributed by atoms with Crippen molar-refractivity contribution in [2.45, 2.75) is 52.5 Å². The Balaban J connectivity index is 1.27. The maximum Gasteiger partial charge on any atom is 0.261 e. The summed E-state index contributed by atoms with van der Waals surface area (Å²) < 4.78 is 8.47. The molecular formula is C28H33N3O2S. The summed E-state index contributed by atoms with van der Waals surface area (Å²) in [6, 6.07) is 18.4. The number of aromatic nitrogens is 2. The number of imidazole rings is 1. The lowest BCUT2D eigenvalue weighted by molar-refractivity contribution is 0.0957. The van der Waals surface area contributed by atoms with Gasteiger partial charge in [-0.1, -0.05) is 42.8 Å². The monoisotopic (exact) mass is 475 g/mol. The summed E-state index contributed by atoms with van der Waals surface area (Å²) in [5, 5.41) is 4.94. The summed E-state index contributed by atoms with van der Waals surface area (Å²) in [6.45, 7) is 6.47. The van der Waals surface area contributed by atoms with Crippen LogP contribution in [0.1, 0.15) is 52.3 Å². The lowest BCUT2D eigenvalue weighted by Gasteiger charge is -2.13. The van der Waals surface area contributed by atoms with E-state index in [0.29, 0.717) is 13.2 Å². The Bertz CT molecular complexity index is 1190. The molecule has 0 aliphatic carbocycles. The third-order valence-electron chi connectivity index (χ3n) is 6.02. The Kier molecular flexibility index (Phi) is 8.36. The summed E-state index contributed by atoms with van der Waals surface area (Å²) in [6.07, 6.45) is 4.95. The molecule has 6 heteroatoms. The third-order valence-corrected chi connectivity index (χ3v) is 6.89. The summed E-state index contributed by atoms with van der Waals surface area (Å²) in [5.74, 6) is 2.17. The maximum atomic E-state index is 12.0. The Morgan fingerprint density at radius 2 is 1.79 bits per heavy atom. The molecule has 2 aromatic carbocycles. The van der Waals surface area contributed by atoms with Gasteiger partial charge in [-0.2, -0.15) is 0 Å². The van der Waals surface area contributed by atoms with E-state index in [1.165, 1.54) is 28.0 Å². The first-order valence-corrected chi connectivity index (χ1v) is 13.0. The van der Waals surface area contributed by atoms with Crippen molar-refractivity contribution in [3.8, 4) is 5.75 Å². The summed E-state index contributed by atoms with van der Waals surface area (Å²) >= 11 is 1.48. The van der Waals surface area contributed by atoms with E-state index in [1.54, 1.807) is 0 Å². The molecule has 0 atom stereocenters. The fraction of sp³-hybridized carbons (Fsp3) is 0.357. The lowest BCUT2D eigenvalue weighted by Crippen LogP contribution is -2.23. The molecule has 178 valence electrons. The SMILES string of the molecule is Cc1cccc(C)c1OCCCn1c(CCCCCNC(=O)c2cccs2)nc2ccccc21. The van der Waals surface area contributed by atoms with Gasteiger partial charge in [0.15, 0.2) is 0 Å². The number of carbonyl (C=O) groups excluding carboxylic acids is 1.